The van der Waals surface area contributed by atoms with Crippen molar-refractivity contribution in [2.45, 2.75) is 0 Å². The second-order valence-corrected chi connectivity index (χ2v) is 3.87. The van der Waals surface area contributed by atoms with Gasteiger partial charge >= 0.3 is 6.03 Å². The summed E-state index contributed by atoms with van der Waals surface area (Å²) in [5.74, 6) is -0.443. The predicted octanol–water partition coefficient (Wildman–Crippen LogP) is 1.01. The van der Waals surface area contributed by atoms with Crippen molar-refractivity contribution >= 4 is 23.5 Å². The minimum Gasteiger partial charge on any atom is -0.383 e. The third-order valence-electron chi connectivity index (χ3n) is 2.13. The lowest BCUT2D eigenvalue weighted by Crippen LogP contribution is -2.50. The van der Waals surface area contributed by atoms with Crippen LogP contribution >= 0.6 is 11.6 Å². The number of nitrogens with two attached hydrogens (primary N) is 1. The van der Waals surface area contributed by atoms with Crippen LogP contribution in [0.3, 0.4) is 0 Å². The number of hydrazine groups is 1. The van der Waals surface area contributed by atoms with E-state index < -0.39 is 11.9 Å². The van der Waals surface area contributed by atoms with Crippen LogP contribution in [0.5, 0.6) is 0 Å². The molecule has 3 amide bonds. The number of carbonyl (C=O) groups is 2. The maximum absolute atomic E-state index is 11.8. The highest BCUT2D eigenvalue weighted by molar-refractivity contribution is 6.30. The molecular weight excluding hydrogens is 258 g/mol. The van der Waals surface area contributed by atoms with Crippen LogP contribution in [0.4, 0.5) is 4.79 Å². The number of urea groups is 1. The number of nitrogens with zero attached hydrogens (tertiary/aromatic N) is 1. The Kier molecular flexibility index (Phi) is 5.41. The number of carbonyl (C=O) groups excluding carboxylic acids is 2. The highest BCUT2D eigenvalue weighted by Gasteiger charge is 2.14. The van der Waals surface area contributed by atoms with Crippen molar-refractivity contribution in [3.8, 4) is 0 Å². The molecule has 0 radical (unpaired) electrons. The topological polar surface area (TPSA) is 84.7 Å². The molecule has 0 saturated carbocycles. The lowest BCUT2D eigenvalue weighted by atomic mass is 10.2. The standard InChI is InChI=1S/C11H14ClN3O3/c1-18-7-6-15(11(13)17)14-10(16)8-2-4-9(12)5-3-8/h2-5H,6-7H2,1H3,(H2,13,17)(H,14,16). The van der Waals surface area contributed by atoms with Gasteiger partial charge in [0.2, 0.25) is 0 Å². The van der Waals surface area contributed by atoms with Crippen molar-refractivity contribution < 1.29 is 14.3 Å². The quantitative estimate of drug-likeness (QED) is 0.802. The average Bonchev–Trinajstić information content (AvgIpc) is 2.34. The molecule has 18 heavy (non-hydrogen) atoms. The van der Waals surface area contributed by atoms with Crippen LogP contribution in [0.25, 0.3) is 0 Å². The largest absolute Gasteiger partial charge is 0.383 e. The highest BCUT2D eigenvalue weighted by Crippen LogP contribution is 2.09. The minimum atomic E-state index is -0.755. The van der Waals surface area contributed by atoms with E-state index >= 15 is 0 Å². The van der Waals surface area contributed by atoms with Gasteiger partial charge in [-0.25, -0.2) is 9.80 Å². The van der Waals surface area contributed by atoms with E-state index in [2.05, 4.69) is 5.43 Å². The Morgan fingerprint density at radius 2 is 2.00 bits per heavy atom. The Balaban J connectivity index is 2.66. The summed E-state index contributed by atoms with van der Waals surface area (Å²) in [6.45, 7) is 0.439. The monoisotopic (exact) mass is 271 g/mol. The molecule has 98 valence electrons. The molecule has 3 N–H and O–H groups in total. The Bertz CT molecular complexity index is 422. The number of benzene rings is 1. The Labute approximate surface area is 110 Å². The Hall–Kier alpha value is -1.79. The van der Waals surface area contributed by atoms with Crippen molar-refractivity contribution in [3.05, 3.63) is 34.9 Å². The van der Waals surface area contributed by atoms with E-state index in [9.17, 15) is 9.59 Å². The summed E-state index contributed by atoms with van der Waals surface area (Å²) in [5, 5.41) is 1.51. The van der Waals surface area contributed by atoms with Gasteiger partial charge in [-0.15, -0.1) is 0 Å². The first-order valence-electron chi connectivity index (χ1n) is 5.17. The molecule has 0 heterocycles. The van der Waals surface area contributed by atoms with E-state index in [1.54, 1.807) is 24.3 Å². The number of hydrogen-bond donors (Lipinski definition) is 2. The third-order valence-corrected chi connectivity index (χ3v) is 2.38. The fourth-order valence-electron chi connectivity index (χ4n) is 1.19. The van der Waals surface area contributed by atoms with E-state index in [4.69, 9.17) is 22.1 Å². The van der Waals surface area contributed by atoms with Crippen molar-refractivity contribution in [1.82, 2.24) is 10.4 Å². The summed E-state index contributed by atoms with van der Waals surface area (Å²) in [7, 11) is 1.49. The van der Waals surface area contributed by atoms with Crippen LogP contribution in [-0.4, -0.2) is 37.2 Å². The van der Waals surface area contributed by atoms with Gasteiger partial charge in [0, 0.05) is 17.7 Å². The van der Waals surface area contributed by atoms with Crippen LogP contribution in [-0.2, 0) is 4.74 Å². The van der Waals surface area contributed by atoms with E-state index in [-0.39, 0.29) is 13.2 Å². The van der Waals surface area contributed by atoms with Crippen LogP contribution in [0.1, 0.15) is 10.4 Å². The first-order valence-corrected chi connectivity index (χ1v) is 5.55. The van der Waals surface area contributed by atoms with Crippen molar-refractivity contribution in [1.29, 1.82) is 0 Å². The first-order chi connectivity index (χ1) is 8.54. The first kappa shape index (κ1) is 14.3. The number of nitrogens with one attached hydrogen (secondary N) is 1. The maximum Gasteiger partial charge on any atom is 0.333 e. The molecule has 6 nitrogen and oxygen atoms in total. The summed E-state index contributed by atoms with van der Waals surface area (Å²) in [4.78, 5) is 22.9. The molecule has 0 aliphatic heterocycles. The van der Waals surface area contributed by atoms with Crippen molar-refractivity contribution in [2.75, 3.05) is 20.3 Å². The summed E-state index contributed by atoms with van der Waals surface area (Å²) in [6, 6.07) is 5.51. The second kappa shape index (κ2) is 6.83. The van der Waals surface area contributed by atoms with Gasteiger partial charge in [0.15, 0.2) is 0 Å². The molecule has 0 saturated heterocycles. The van der Waals surface area contributed by atoms with Gasteiger partial charge in [0.05, 0.1) is 13.2 Å². The summed E-state index contributed by atoms with van der Waals surface area (Å²) in [5.41, 5.74) is 7.89. The van der Waals surface area contributed by atoms with E-state index in [0.29, 0.717) is 10.6 Å². The summed E-state index contributed by atoms with van der Waals surface area (Å²) >= 11 is 5.71. The fourth-order valence-corrected chi connectivity index (χ4v) is 1.32. The zero-order valence-corrected chi connectivity index (χ0v) is 10.6. The van der Waals surface area contributed by atoms with Gasteiger partial charge in [-0.05, 0) is 24.3 Å². The molecule has 1 rings (SSSR count). The van der Waals surface area contributed by atoms with Gasteiger partial charge in [-0.2, -0.15) is 0 Å². The van der Waals surface area contributed by atoms with E-state index in [1.165, 1.54) is 7.11 Å². The number of methoxy groups -OCH3 is 1. The number of amides is 3. The molecule has 0 aliphatic carbocycles. The number of rotatable bonds is 4. The minimum absolute atomic E-state index is 0.172. The smallest absolute Gasteiger partial charge is 0.333 e. The maximum atomic E-state index is 11.8. The molecule has 0 aromatic heterocycles. The number of hydrogen-bond acceptors (Lipinski definition) is 3. The molecule has 0 aliphatic rings. The fraction of sp³-hybridized carbons (Fsp3) is 0.273. The van der Waals surface area contributed by atoms with E-state index in [0.717, 1.165) is 5.01 Å². The van der Waals surface area contributed by atoms with Gasteiger partial charge in [0.1, 0.15) is 0 Å². The summed E-state index contributed by atoms with van der Waals surface area (Å²) in [6.07, 6.45) is 0. The SMILES string of the molecule is COCCN(NC(=O)c1ccc(Cl)cc1)C(N)=O. The molecule has 0 bridgehead atoms. The zero-order valence-electron chi connectivity index (χ0n) is 9.85. The number of ether oxygens (including phenoxy) is 1. The van der Waals surface area contributed by atoms with Gasteiger partial charge in [-0.3, -0.25) is 10.2 Å². The lowest BCUT2D eigenvalue weighted by molar-refractivity contribution is 0.0786. The van der Waals surface area contributed by atoms with Gasteiger partial charge in [-0.1, -0.05) is 11.6 Å². The normalized spacial score (nSPS) is 9.89. The molecule has 0 spiro atoms. The van der Waals surface area contributed by atoms with E-state index in [1.807, 2.05) is 0 Å². The Morgan fingerprint density at radius 1 is 1.39 bits per heavy atom. The average molecular weight is 272 g/mol. The van der Waals surface area contributed by atoms with Crippen LogP contribution in [0.15, 0.2) is 24.3 Å². The van der Waals surface area contributed by atoms with Crippen LogP contribution < -0.4 is 11.2 Å². The van der Waals surface area contributed by atoms with Crippen LogP contribution in [0.2, 0.25) is 5.02 Å². The number of halogens is 1. The molecule has 0 atom stereocenters. The lowest BCUT2D eigenvalue weighted by Gasteiger charge is -2.20. The van der Waals surface area contributed by atoms with Gasteiger partial charge < -0.3 is 10.5 Å². The van der Waals surface area contributed by atoms with Crippen molar-refractivity contribution in [3.63, 3.8) is 0 Å². The number of primary amides is 1. The van der Waals surface area contributed by atoms with Crippen molar-refractivity contribution in [2.24, 2.45) is 5.73 Å². The molecular formula is C11H14ClN3O3. The van der Waals surface area contributed by atoms with Crippen LogP contribution in [0, 0.1) is 0 Å². The predicted molar refractivity (Wildman–Crippen MR) is 67.1 cm³/mol. The summed E-state index contributed by atoms with van der Waals surface area (Å²) < 4.78 is 4.81. The molecule has 7 heteroatoms. The molecule has 1 aromatic rings. The second-order valence-electron chi connectivity index (χ2n) is 3.43. The third kappa shape index (κ3) is 4.23. The molecule has 1 aromatic carbocycles. The van der Waals surface area contributed by atoms with Gasteiger partial charge in [0.25, 0.3) is 5.91 Å². The molecule has 0 unspecified atom stereocenters. The highest BCUT2D eigenvalue weighted by atomic mass is 35.5. The molecule has 0 fully saturated rings. The Morgan fingerprint density at radius 3 is 2.50 bits per heavy atom. The zero-order chi connectivity index (χ0) is 13.5.